The van der Waals surface area contributed by atoms with Crippen molar-refractivity contribution in [3.63, 3.8) is 0 Å². The number of aromatic nitrogens is 3. The first-order valence-electron chi connectivity index (χ1n) is 7.61. The number of imidazole rings is 1. The molecule has 8 heteroatoms. The van der Waals surface area contributed by atoms with Gasteiger partial charge in [-0.05, 0) is 46.3 Å². The fourth-order valence-corrected chi connectivity index (χ4v) is 3.09. The van der Waals surface area contributed by atoms with Crippen molar-refractivity contribution >= 4 is 67.1 Å². The third-order valence-corrected chi connectivity index (χ3v) is 4.68. The third-order valence-electron chi connectivity index (χ3n) is 3.72. The highest BCUT2D eigenvalue weighted by atomic mass is 79.9. The van der Waals surface area contributed by atoms with Crippen LogP contribution in [0.4, 0.5) is 0 Å². The quantitative estimate of drug-likeness (QED) is 0.334. The van der Waals surface area contributed by atoms with Crippen molar-refractivity contribution in [2.75, 3.05) is 0 Å². The number of nitrogens with zero attached hydrogens (tertiary/aromatic N) is 3. The zero-order chi connectivity index (χ0) is 18.1. The van der Waals surface area contributed by atoms with Crippen LogP contribution in [0.3, 0.4) is 0 Å². The van der Waals surface area contributed by atoms with Gasteiger partial charge in [-0.25, -0.2) is 9.97 Å². The van der Waals surface area contributed by atoms with E-state index in [9.17, 15) is 5.26 Å². The monoisotopic (exact) mass is 504 g/mol. The number of nitrogens with one attached hydrogen (secondary N) is 1. The molecule has 1 N–H and O–H groups in total. The maximum Gasteiger partial charge on any atom is 0.178 e. The molecule has 0 aliphatic heterocycles. The number of allylic oxidation sites excluding steroid dienone is 1. The molecule has 0 aliphatic carbocycles. The number of H-pyrrole nitrogens is 1. The van der Waals surface area contributed by atoms with E-state index in [-0.39, 0.29) is 12.4 Å². The normalized spacial score (nSPS) is 11.2. The lowest BCUT2D eigenvalue weighted by molar-refractivity contribution is 0.572. The Bertz CT molecular complexity index is 1170. The lowest BCUT2D eigenvalue weighted by Gasteiger charge is -1.97. The molecule has 0 atom stereocenters. The van der Waals surface area contributed by atoms with E-state index in [4.69, 9.17) is 4.42 Å². The molecule has 0 aliphatic rings. The van der Waals surface area contributed by atoms with Crippen molar-refractivity contribution in [3.05, 3.63) is 69.2 Å². The molecule has 134 valence electrons. The van der Waals surface area contributed by atoms with Gasteiger partial charge in [-0.2, -0.15) is 5.26 Å². The van der Waals surface area contributed by atoms with E-state index in [0.29, 0.717) is 22.8 Å². The van der Waals surface area contributed by atoms with E-state index in [1.165, 1.54) is 0 Å². The van der Waals surface area contributed by atoms with E-state index >= 15 is 0 Å². The molecule has 0 spiro atoms. The number of hydrogen-bond acceptors (Lipinski definition) is 4. The lowest BCUT2D eigenvalue weighted by atomic mass is 10.2. The Morgan fingerprint density at radius 3 is 2.63 bits per heavy atom. The number of fused-ring (bicyclic) bond motifs is 1. The summed E-state index contributed by atoms with van der Waals surface area (Å²) in [7, 11) is 0. The number of nitriles is 1. The summed E-state index contributed by atoms with van der Waals surface area (Å²) in [5.41, 5.74) is 2.64. The summed E-state index contributed by atoms with van der Waals surface area (Å²) in [5.74, 6) is 1.76. The van der Waals surface area contributed by atoms with Crippen molar-refractivity contribution in [2.24, 2.45) is 0 Å². The first-order valence-corrected chi connectivity index (χ1v) is 9.20. The van der Waals surface area contributed by atoms with Crippen LogP contribution in [0.25, 0.3) is 34.1 Å². The predicted octanol–water partition coefficient (Wildman–Crippen LogP) is 6.23. The number of furan rings is 1. The Hall–Kier alpha value is -2.40. The van der Waals surface area contributed by atoms with Crippen LogP contribution >= 0.6 is 44.3 Å². The molecule has 4 aromatic rings. The third kappa shape index (κ3) is 4.14. The van der Waals surface area contributed by atoms with E-state index in [2.05, 4.69) is 52.9 Å². The number of pyridine rings is 1. The molecular weight excluding hydrogens is 495 g/mol. The zero-order valence-electron chi connectivity index (χ0n) is 13.6. The van der Waals surface area contributed by atoms with E-state index in [1.807, 2.05) is 42.5 Å². The molecule has 0 saturated heterocycles. The minimum Gasteiger partial charge on any atom is -0.457 e. The summed E-state index contributed by atoms with van der Waals surface area (Å²) < 4.78 is 7.69. The topological polar surface area (TPSA) is 78.5 Å². The minimum atomic E-state index is 0. The number of hydrogen-bond donors (Lipinski definition) is 1. The minimum absolute atomic E-state index is 0. The predicted molar refractivity (Wildman–Crippen MR) is 114 cm³/mol. The Morgan fingerprint density at radius 1 is 1.11 bits per heavy atom. The van der Waals surface area contributed by atoms with Gasteiger partial charge in [0.15, 0.2) is 11.5 Å². The average molecular weight is 507 g/mol. The van der Waals surface area contributed by atoms with Crippen LogP contribution in [0.15, 0.2) is 62.0 Å². The van der Waals surface area contributed by atoms with Crippen LogP contribution in [0, 0.1) is 11.3 Å². The van der Waals surface area contributed by atoms with Crippen molar-refractivity contribution in [3.8, 4) is 17.4 Å². The molecule has 0 unspecified atom stereocenters. The van der Waals surface area contributed by atoms with Gasteiger partial charge in [-0.15, -0.1) is 12.4 Å². The Balaban J connectivity index is 0.00000210. The number of aromatic amines is 1. The summed E-state index contributed by atoms with van der Waals surface area (Å²) in [4.78, 5) is 11.7. The van der Waals surface area contributed by atoms with Crippen LogP contribution < -0.4 is 0 Å². The average Bonchev–Trinajstić information content (AvgIpc) is 3.26. The second-order valence-corrected chi connectivity index (χ2v) is 7.32. The molecule has 0 fully saturated rings. The first-order chi connectivity index (χ1) is 12.6. The van der Waals surface area contributed by atoms with Crippen LogP contribution in [-0.4, -0.2) is 15.0 Å². The highest BCUT2D eigenvalue weighted by Gasteiger charge is 2.11. The Labute approximate surface area is 177 Å². The fraction of sp³-hybridized carbons (Fsp3) is 0. The Morgan fingerprint density at radius 2 is 1.89 bits per heavy atom. The standard InChI is InChI=1S/C19H10Br2N4O.ClH/c20-13-3-1-11(2-4-13)17-6-5-15(26-17)7-12(9-22)18-24-16-8-14(21)10-23-19(16)25-18;/h1-8,10H,(H,23,24,25);1H. The lowest BCUT2D eigenvalue weighted by Crippen LogP contribution is -1.84. The highest BCUT2D eigenvalue weighted by molar-refractivity contribution is 9.10. The molecule has 0 amide bonds. The van der Waals surface area contributed by atoms with Crippen molar-refractivity contribution < 1.29 is 4.42 Å². The smallest absolute Gasteiger partial charge is 0.178 e. The van der Waals surface area contributed by atoms with Crippen molar-refractivity contribution in [1.82, 2.24) is 15.0 Å². The van der Waals surface area contributed by atoms with E-state index in [1.54, 1.807) is 12.3 Å². The van der Waals surface area contributed by atoms with Crippen LogP contribution in [0.1, 0.15) is 11.6 Å². The number of benzene rings is 1. The van der Waals surface area contributed by atoms with Gasteiger partial charge in [0, 0.05) is 26.8 Å². The second-order valence-electron chi connectivity index (χ2n) is 5.49. The maximum atomic E-state index is 9.52. The van der Waals surface area contributed by atoms with Gasteiger partial charge in [-0.1, -0.05) is 28.1 Å². The van der Waals surface area contributed by atoms with Gasteiger partial charge in [-0.3, -0.25) is 0 Å². The van der Waals surface area contributed by atoms with Gasteiger partial charge in [0.1, 0.15) is 17.6 Å². The molecule has 27 heavy (non-hydrogen) atoms. The molecule has 3 aromatic heterocycles. The summed E-state index contributed by atoms with van der Waals surface area (Å²) in [5, 5.41) is 9.52. The molecule has 3 heterocycles. The fourth-order valence-electron chi connectivity index (χ4n) is 2.50. The molecule has 0 radical (unpaired) electrons. The zero-order valence-corrected chi connectivity index (χ0v) is 17.6. The molecule has 0 saturated carbocycles. The van der Waals surface area contributed by atoms with Crippen molar-refractivity contribution in [1.29, 1.82) is 5.26 Å². The van der Waals surface area contributed by atoms with E-state index < -0.39 is 0 Å². The molecule has 0 bridgehead atoms. The van der Waals surface area contributed by atoms with Gasteiger partial charge < -0.3 is 9.40 Å². The SMILES string of the molecule is Cl.N#CC(=Cc1ccc(-c2ccc(Br)cc2)o1)c1nc2ncc(Br)cc2[nH]1. The van der Waals surface area contributed by atoms with Crippen LogP contribution in [0.5, 0.6) is 0 Å². The van der Waals surface area contributed by atoms with Gasteiger partial charge >= 0.3 is 0 Å². The van der Waals surface area contributed by atoms with Gasteiger partial charge in [0.25, 0.3) is 0 Å². The summed E-state index contributed by atoms with van der Waals surface area (Å²) >= 11 is 6.79. The number of rotatable bonds is 3. The van der Waals surface area contributed by atoms with Crippen LogP contribution in [-0.2, 0) is 0 Å². The van der Waals surface area contributed by atoms with E-state index in [0.717, 1.165) is 25.8 Å². The molecule has 4 rings (SSSR count). The summed E-state index contributed by atoms with van der Waals surface area (Å²) in [6, 6.07) is 15.6. The number of halogens is 3. The first kappa shape index (κ1) is 19.4. The Kier molecular flexibility index (Phi) is 5.80. The summed E-state index contributed by atoms with van der Waals surface area (Å²) in [6.45, 7) is 0. The molecule has 5 nitrogen and oxygen atoms in total. The van der Waals surface area contributed by atoms with Crippen LogP contribution in [0.2, 0.25) is 0 Å². The van der Waals surface area contributed by atoms with Gasteiger partial charge in [0.2, 0.25) is 0 Å². The highest BCUT2D eigenvalue weighted by Crippen LogP contribution is 2.26. The summed E-state index contributed by atoms with van der Waals surface area (Å²) in [6.07, 6.45) is 3.33. The second kappa shape index (κ2) is 8.09. The van der Waals surface area contributed by atoms with Gasteiger partial charge in [0.05, 0.1) is 11.1 Å². The maximum absolute atomic E-state index is 9.52. The molecule has 1 aromatic carbocycles. The largest absolute Gasteiger partial charge is 0.457 e. The molecular formula is C19H11Br2ClN4O. The van der Waals surface area contributed by atoms with Crippen molar-refractivity contribution in [2.45, 2.75) is 0 Å².